The zero-order chi connectivity index (χ0) is 11.7. The van der Waals surface area contributed by atoms with Gasteiger partial charge >= 0.3 is 0 Å². The third-order valence-electron chi connectivity index (χ3n) is 2.15. The van der Waals surface area contributed by atoms with Crippen molar-refractivity contribution in [3.05, 3.63) is 43.8 Å². The van der Waals surface area contributed by atoms with Gasteiger partial charge in [0, 0.05) is 0 Å². The van der Waals surface area contributed by atoms with Crippen LogP contribution in [0.5, 0.6) is 0 Å². The van der Waals surface area contributed by atoms with Crippen LogP contribution in [0.4, 0.5) is 10.2 Å². The van der Waals surface area contributed by atoms with Gasteiger partial charge in [-0.3, -0.25) is 0 Å². The summed E-state index contributed by atoms with van der Waals surface area (Å²) in [5, 5.41) is 4.11. The summed E-state index contributed by atoms with van der Waals surface area (Å²) in [7, 11) is 0. The maximum atomic E-state index is 13.3. The Hall–Kier alpha value is -0.630. The van der Waals surface area contributed by atoms with Crippen LogP contribution < -0.4 is 5.73 Å². The van der Waals surface area contributed by atoms with Crippen LogP contribution in [-0.2, 0) is 6.54 Å². The first-order chi connectivity index (χ1) is 7.58. The SMILES string of the molecule is Nc1c(I)cnn1Cc1ccc(Br)c(F)c1. The molecule has 1 aromatic carbocycles. The zero-order valence-corrected chi connectivity index (χ0v) is 11.9. The van der Waals surface area contributed by atoms with Crippen LogP contribution in [0.2, 0.25) is 0 Å². The quantitative estimate of drug-likeness (QED) is 0.794. The Morgan fingerprint density at radius 1 is 1.50 bits per heavy atom. The number of nitrogens with two attached hydrogens (primary N) is 1. The molecule has 6 heteroatoms. The molecule has 2 rings (SSSR count). The first-order valence-electron chi connectivity index (χ1n) is 4.48. The standard InChI is InChI=1S/C10H8BrFIN3/c11-7-2-1-6(3-8(7)12)5-16-10(14)9(13)4-15-16/h1-4H,5,14H2. The van der Waals surface area contributed by atoms with Crippen LogP contribution in [0.25, 0.3) is 0 Å². The predicted molar refractivity (Wildman–Crippen MR) is 72.6 cm³/mol. The maximum Gasteiger partial charge on any atom is 0.137 e. The van der Waals surface area contributed by atoms with Gasteiger partial charge in [0.2, 0.25) is 0 Å². The Balaban J connectivity index is 2.27. The Kier molecular flexibility index (Phi) is 3.48. The number of nitrogens with zero attached hydrogens (tertiary/aromatic N) is 2. The second-order valence-corrected chi connectivity index (χ2v) is 5.30. The lowest BCUT2D eigenvalue weighted by Crippen LogP contribution is -2.06. The van der Waals surface area contributed by atoms with Crippen LogP contribution in [0.3, 0.4) is 0 Å². The van der Waals surface area contributed by atoms with Crippen molar-refractivity contribution in [2.75, 3.05) is 5.73 Å². The van der Waals surface area contributed by atoms with E-state index in [0.717, 1.165) is 9.13 Å². The molecular weight excluding hydrogens is 388 g/mol. The Morgan fingerprint density at radius 2 is 2.25 bits per heavy atom. The summed E-state index contributed by atoms with van der Waals surface area (Å²) in [6, 6.07) is 4.98. The third kappa shape index (κ3) is 2.37. The topological polar surface area (TPSA) is 43.8 Å². The average molecular weight is 396 g/mol. The summed E-state index contributed by atoms with van der Waals surface area (Å²) in [6.45, 7) is 0.471. The van der Waals surface area contributed by atoms with E-state index in [4.69, 9.17) is 5.73 Å². The molecule has 16 heavy (non-hydrogen) atoms. The molecule has 2 N–H and O–H groups in total. The van der Waals surface area contributed by atoms with Crippen molar-refractivity contribution >= 4 is 44.3 Å². The fraction of sp³-hybridized carbons (Fsp3) is 0.100. The Bertz CT molecular complexity index is 527. The van der Waals surface area contributed by atoms with Crippen molar-refractivity contribution in [3.63, 3.8) is 0 Å². The molecule has 0 aliphatic rings. The van der Waals surface area contributed by atoms with E-state index in [9.17, 15) is 4.39 Å². The maximum absolute atomic E-state index is 13.3. The highest BCUT2D eigenvalue weighted by Gasteiger charge is 2.06. The van der Waals surface area contributed by atoms with E-state index in [1.807, 2.05) is 6.07 Å². The van der Waals surface area contributed by atoms with Gasteiger partial charge in [-0.2, -0.15) is 5.10 Å². The molecule has 0 atom stereocenters. The molecule has 0 aliphatic heterocycles. The van der Waals surface area contributed by atoms with Gasteiger partial charge in [-0.15, -0.1) is 0 Å². The molecule has 2 aromatic rings. The van der Waals surface area contributed by atoms with E-state index in [0.29, 0.717) is 16.8 Å². The van der Waals surface area contributed by atoms with E-state index < -0.39 is 0 Å². The van der Waals surface area contributed by atoms with Gasteiger partial charge in [0.25, 0.3) is 0 Å². The van der Waals surface area contributed by atoms with E-state index in [-0.39, 0.29) is 5.82 Å². The second kappa shape index (κ2) is 4.70. The van der Waals surface area contributed by atoms with Crippen molar-refractivity contribution in [1.29, 1.82) is 0 Å². The molecule has 84 valence electrons. The van der Waals surface area contributed by atoms with E-state index in [1.54, 1.807) is 16.9 Å². The van der Waals surface area contributed by atoms with Gasteiger partial charge in [-0.1, -0.05) is 6.07 Å². The normalized spacial score (nSPS) is 10.7. The molecule has 0 aliphatic carbocycles. The fourth-order valence-electron chi connectivity index (χ4n) is 1.31. The van der Waals surface area contributed by atoms with Crippen molar-refractivity contribution in [2.24, 2.45) is 0 Å². The van der Waals surface area contributed by atoms with Crippen molar-refractivity contribution in [2.45, 2.75) is 6.54 Å². The van der Waals surface area contributed by atoms with E-state index in [1.165, 1.54) is 6.07 Å². The number of rotatable bonds is 2. The van der Waals surface area contributed by atoms with Crippen LogP contribution in [-0.4, -0.2) is 9.78 Å². The number of anilines is 1. The van der Waals surface area contributed by atoms with E-state index in [2.05, 4.69) is 43.6 Å². The summed E-state index contributed by atoms with van der Waals surface area (Å²) < 4.78 is 16.3. The fourth-order valence-corrected chi connectivity index (χ4v) is 1.96. The number of halogens is 3. The lowest BCUT2D eigenvalue weighted by molar-refractivity contribution is 0.614. The minimum atomic E-state index is -0.280. The summed E-state index contributed by atoms with van der Waals surface area (Å²) in [6.07, 6.45) is 1.69. The first kappa shape index (κ1) is 11.8. The molecule has 0 unspecified atom stereocenters. The molecule has 0 saturated carbocycles. The summed E-state index contributed by atoms with van der Waals surface area (Å²) in [4.78, 5) is 0. The highest BCUT2D eigenvalue weighted by molar-refractivity contribution is 14.1. The summed E-state index contributed by atoms with van der Waals surface area (Å²) in [5.74, 6) is 0.321. The first-order valence-corrected chi connectivity index (χ1v) is 6.36. The van der Waals surface area contributed by atoms with Crippen molar-refractivity contribution < 1.29 is 4.39 Å². The Morgan fingerprint density at radius 3 is 2.81 bits per heavy atom. The Labute approximate surface area is 114 Å². The molecule has 3 nitrogen and oxygen atoms in total. The molecule has 0 fully saturated rings. The molecular formula is C10H8BrFIN3. The predicted octanol–water partition coefficient (Wildman–Crippen LogP) is 3.02. The smallest absolute Gasteiger partial charge is 0.137 e. The average Bonchev–Trinajstić information content (AvgIpc) is 2.55. The molecule has 1 aromatic heterocycles. The zero-order valence-electron chi connectivity index (χ0n) is 8.12. The van der Waals surface area contributed by atoms with Gasteiger partial charge in [0.1, 0.15) is 11.6 Å². The number of hydrogen-bond donors (Lipinski definition) is 1. The van der Waals surface area contributed by atoms with Gasteiger partial charge < -0.3 is 5.73 Å². The summed E-state index contributed by atoms with van der Waals surface area (Å²) in [5.41, 5.74) is 6.63. The molecule has 0 bridgehead atoms. The van der Waals surface area contributed by atoms with Gasteiger partial charge in [0.05, 0.1) is 20.8 Å². The lowest BCUT2D eigenvalue weighted by Gasteiger charge is -2.05. The molecule has 0 radical (unpaired) electrons. The molecule has 0 saturated heterocycles. The minimum Gasteiger partial charge on any atom is -0.383 e. The number of aromatic nitrogens is 2. The lowest BCUT2D eigenvalue weighted by atomic mass is 10.2. The monoisotopic (exact) mass is 395 g/mol. The van der Waals surface area contributed by atoms with Gasteiger partial charge in [-0.05, 0) is 56.2 Å². The van der Waals surface area contributed by atoms with Crippen LogP contribution in [0.15, 0.2) is 28.9 Å². The van der Waals surface area contributed by atoms with Crippen molar-refractivity contribution in [3.8, 4) is 0 Å². The number of hydrogen-bond acceptors (Lipinski definition) is 2. The highest BCUT2D eigenvalue weighted by Crippen LogP contribution is 2.19. The largest absolute Gasteiger partial charge is 0.383 e. The second-order valence-electron chi connectivity index (χ2n) is 3.28. The third-order valence-corrected chi connectivity index (χ3v) is 3.62. The van der Waals surface area contributed by atoms with Crippen LogP contribution in [0, 0.1) is 9.39 Å². The summed E-state index contributed by atoms with van der Waals surface area (Å²) >= 11 is 5.22. The van der Waals surface area contributed by atoms with Crippen LogP contribution in [0.1, 0.15) is 5.56 Å². The highest BCUT2D eigenvalue weighted by atomic mass is 127. The van der Waals surface area contributed by atoms with Crippen molar-refractivity contribution in [1.82, 2.24) is 9.78 Å². The van der Waals surface area contributed by atoms with E-state index >= 15 is 0 Å². The van der Waals surface area contributed by atoms with Gasteiger partial charge in [-0.25, -0.2) is 9.07 Å². The van der Waals surface area contributed by atoms with Crippen LogP contribution >= 0.6 is 38.5 Å². The molecule has 1 heterocycles. The molecule has 0 amide bonds. The van der Waals surface area contributed by atoms with Gasteiger partial charge in [0.15, 0.2) is 0 Å². The number of benzene rings is 1. The minimum absolute atomic E-state index is 0.280. The number of nitrogen functional groups attached to an aromatic ring is 1. The molecule has 0 spiro atoms.